The molecule has 0 heterocycles. The van der Waals surface area contributed by atoms with E-state index >= 15 is 0 Å². The van der Waals surface area contributed by atoms with Crippen molar-refractivity contribution in [2.75, 3.05) is 7.18 Å². The molecule has 0 radical (unpaired) electrons. The summed E-state index contributed by atoms with van der Waals surface area (Å²) in [5.41, 5.74) is 1.50. The van der Waals surface area contributed by atoms with E-state index in [0.717, 1.165) is 11.5 Å². The number of hydrogen-bond donors (Lipinski definition) is 0. The van der Waals surface area contributed by atoms with Gasteiger partial charge in [0.2, 0.25) is 0 Å². The summed E-state index contributed by atoms with van der Waals surface area (Å²) in [6, 6.07) is 18.1. The quantitative estimate of drug-likeness (QED) is 0.706. The van der Waals surface area contributed by atoms with Gasteiger partial charge < -0.3 is 4.74 Å². The average Bonchev–Trinajstić information content (AvgIpc) is 2.42. The van der Waals surface area contributed by atoms with Crippen LogP contribution in [0.25, 0.3) is 0 Å². The Morgan fingerprint density at radius 2 is 1.21 bits per heavy atom. The van der Waals surface area contributed by atoms with Gasteiger partial charge in [-0.1, -0.05) is 51.1 Å². The molecule has 0 unspecified atom stereocenters. The lowest BCUT2D eigenvalue weighted by Gasteiger charge is -2.19. The fraction of sp³-hybridized carbons (Fsp3) is 0.294. The first-order valence-electron chi connectivity index (χ1n) is 6.27. The number of halogens is 1. The zero-order valence-electron chi connectivity index (χ0n) is 12.0. The number of rotatable bonds is 2. The minimum Gasteiger partial charge on any atom is -0.457 e. The highest BCUT2D eigenvalue weighted by molar-refractivity contribution is 5.34. The highest BCUT2D eigenvalue weighted by atomic mass is 19.1. The van der Waals surface area contributed by atoms with E-state index in [1.165, 1.54) is 5.56 Å². The van der Waals surface area contributed by atoms with Crippen molar-refractivity contribution in [2.24, 2.45) is 0 Å². The Labute approximate surface area is 115 Å². The lowest BCUT2D eigenvalue weighted by atomic mass is 9.87. The van der Waals surface area contributed by atoms with Gasteiger partial charge in [0.1, 0.15) is 11.5 Å². The first kappa shape index (κ1) is 15.2. The second-order valence-corrected chi connectivity index (χ2v) is 5.19. The Morgan fingerprint density at radius 1 is 0.737 bits per heavy atom. The van der Waals surface area contributed by atoms with Crippen molar-refractivity contribution in [3.8, 4) is 11.5 Å². The third-order valence-electron chi connectivity index (χ3n) is 2.70. The number of ether oxygens (including phenoxy) is 1. The highest BCUT2D eigenvalue weighted by Gasteiger charge is 2.12. The molecule has 2 heteroatoms. The van der Waals surface area contributed by atoms with Crippen molar-refractivity contribution >= 4 is 0 Å². The molecule has 0 aliphatic rings. The Morgan fingerprint density at radius 3 is 1.68 bits per heavy atom. The molecule has 0 bridgehead atoms. The second-order valence-electron chi connectivity index (χ2n) is 5.19. The van der Waals surface area contributed by atoms with Gasteiger partial charge in [-0.15, -0.1) is 0 Å². The molecule has 2 aromatic rings. The summed E-state index contributed by atoms with van der Waals surface area (Å²) in [5, 5.41) is 0. The maximum atomic E-state index is 9.50. The van der Waals surface area contributed by atoms with E-state index in [2.05, 4.69) is 32.9 Å². The van der Waals surface area contributed by atoms with E-state index < -0.39 is 0 Å². The van der Waals surface area contributed by atoms with Crippen LogP contribution in [0.1, 0.15) is 26.3 Å². The maximum Gasteiger partial charge on any atom is 0.127 e. The van der Waals surface area contributed by atoms with E-state index in [-0.39, 0.29) is 5.41 Å². The number of hydrogen-bond acceptors (Lipinski definition) is 1. The zero-order valence-corrected chi connectivity index (χ0v) is 12.0. The average molecular weight is 260 g/mol. The van der Waals surface area contributed by atoms with Gasteiger partial charge in [0.05, 0.1) is 7.18 Å². The Kier molecular flexibility index (Phi) is 5.56. The molecule has 1 nitrogen and oxygen atoms in total. The van der Waals surface area contributed by atoms with Crippen molar-refractivity contribution in [2.45, 2.75) is 26.2 Å². The molecule has 0 aliphatic heterocycles. The van der Waals surface area contributed by atoms with E-state index in [4.69, 9.17) is 4.74 Å². The molecule has 102 valence electrons. The molecule has 0 N–H and O–H groups in total. The van der Waals surface area contributed by atoms with Crippen LogP contribution in [-0.4, -0.2) is 7.18 Å². The minimum atomic E-state index is 0.186. The molecule has 2 rings (SSSR count). The summed E-state index contributed by atoms with van der Waals surface area (Å²) in [7, 11) is 0.500. The van der Waals surface area contributed by atoms with Gasteiger partial charge in [-0.05, 0) is 35.2 Å². The van der Waals surface area contributed by atoms with E-state index in [0.29, 0.717) is 7.18 Å². The maximum absolute atomic E-state index is 9.50. The second kappa shape index (κ2) is 6.93. The molecule has 0 aliphatic carbocycles. The molecule has 19 heavy (non-hydrogen) atoms. The van der Waals surface area contributed by atoms with Crippen molar-refractivity contribution < 1.29 is 9.13 Å². The van der Waals surface area contributed by atoms with Crippen LogP contribution in [0.2, 0.25) is 0 Å². The van der Waals surface area contributed by atoms with Crippen molar-refractivity contribution in [1.29, 1.82) is 0 Å². The van der Waals surface area contributed by atoms with Crippen LogP contribution in [0.3, 0.4) is 0 Å². The molecule has 0 spiro atoms. The van der Waals surface area contributed by atoms with Crippen molar-refractivity contribution in [1.82, 2.24) is 0 Å². The number of para-hydroxylation sites is 1. The van der Waals surface area contributed by atoms with Gasteiger partial charge in [-0.25, -0.2) is 0 Å². The number of benzene rings is 2. The Balaban J connectivity index is 0.000000861. The van der Waals surface area contributed by atoms with E-state index in [9.17, 15) is 4.39 Å². The monoisotopic (exact) mass is 260 g/mol. The molecule has 0 fully saturated rings. The van der Waals surface area contributed by atoms with Crippen LogP contribution in [0.15, 0.2) is 54.6 Å². The summed E-state index contributed by atoms with van der Waals surface area (Å²) in [6.45, 7) is 6.63. The molecule has 0 saturated heterocycles. The van der Waals surface area contributed by atoms with Crippen molar-refractivity contribution in [3.63, 3.8) is 0 Å². The summed E-state index contributed by atoms with van der Waals surface area (Å²) in [5.74, 6) is 1.75. The van der Waals surface area contributed by atoms with E-state index in [1.807, 2.05) is 42.5 Å². The van der Waals surface area contributed by atoms with Crippen LogP contribution in [0.5, 0.6) is 11.5 Å². The normalized spacial score (nSPS) is 10.4. The minimum absolute atomic E-state index is 0.186. The predicted octanol–water partition coefficient (Wildman–Crippen LogP) is 5.36. The van der Waals surface area contributed by atoms with Gasteiger partial charge in [-0.2, -0.15) is 0 Å². The fourth-order valence-corrected chi connectivity index (χ4v) is 1.65. The number of alkyl halides is 1. The molecule has 0 atom stereocenters. The van der Waals surface area contributed by atoms with Gasteiger partial charge in [0, 0.05) is 0 Å². The third kappa shape index (κ3) is 4.74. The largest absolute Gasteiger partial charge is 0.457 e. The van der Waals surface area contributed by atoms with Crippen LogP contribution in [0.4, 0.5) is 4.39 Å². The summed E-state index contributed by atoms with van der Waals surface area (Å²) < 4.78 is 15.2. The van der Waals surface area contributed by atoms with Gasteiger partial charge in [-0.3, -0.25) is 4.39 Å². The predicted molar refractivity (Wildman–Crippen MR) is 78.7 cm³/mol. The fourth-order valence-electron chi connectivity index (χ4n) is 1.65. The van der Waals surface area contributed by atoms with Crippen LogP contribution >= 0.6 is 0 Å². The van der Waals surface area contributed by atoms with Crippen molar-refractivity contribution in [3.05, 3.63) is 60.2 Å². The lowest BCUT2D eigenvalue weighted by molar-refractivity contribution is 0.481. The summed E-state index contributed by atoms with van der Waals surface area (Å²) in [4.78, 5) is 0. The Hall–Kier alpha value is -1.83. The molecule has 2 aromatic carbocycles. The third-order valence-corrected chi connectivity index (χ3v) is 2.70. The van der Waals surface area contributed by atoms with Crippen LogP contribution in [0, 0.1) is 0 Å². The van der Waals surface area contributed by atoms with Crippen LogP contribution in [-0.2, 0) is 5.41 Å². The standard InChI is InChI=1S/C16H18O.CH3F/c1-16(2,3)13-9-11-15(12-10-13)17-14-7-5-4-6-8-14;1-2/h4-12H,1-3H3;1H3. The van der Waals surface area contributed by atoms with Gasteiger partial charge in [0.25, 0.3) is 0 Å². The SMILES string of the molecule is CC(C)(C)c1ccc(Oc2ccccc2)cc1.CF. The zero-order chi connectivity index (χ0) is 14.3. The molecule has 0 saturated carbocycles. The molecule has 0 aromatic heterocycles. The molecular weight excluding hydrogens is 239 g/mol. The van der Waals surface area contributed by atoms with E-state index in [1.54, 1.807) is 0 Å². The first-order chi connectivity index (χ1) is 9.05. The summed E-state index contributed by atoms with van der Waals surface area (Å²) in [6.07, 6.45) is 0. The van der Waals surface area contributed by atoms with Crippen LogP contribution < -0.4 is 4.74 Å². The van der Waals surface area contributed by atoms with Gasteiger partial charge in [0.15, 0.2) is 0 Å². The highest BCUT2D eigenvalue weighted by Crippen LogP contribution is 2.26. The lowest BCUT2D eigenvalue weighted by Crippen LogP contribution is -2.10. The topological polar surface area (TPSA) is 9.23 Å². The van der Waals surface area contributed by atoms with Gasteiger partial charge >= 0.3 is 0 Å². The molecule has 0 amide bonds. The first-order valence-corrected chi connectivity index (χ1v) is 6.27. The Bertz CT molecular complexity index is 469. The molecular formula is C17H21FO. The smallest absolute Gasteiger partial charge is 0.127 e. The summed E-state index contributed by atoms with van der Waals surface area (Å²) >= 11 is 0.